The zero-order chi connectivity index (χ0) is 28.4. The van der Waals surface area contributed by atoms with Crippen molar-refractivity contribution in [3.05, 3.63) is 95.8 Å². The number of para-hydroxylation sites is 1. The molecule has 0 atom stereocenters. The molecule has 3 aromatic rings. The third-order valence-electron chi connectivity index (χ3n) is 7.58. The van der Waals surface area contributed by atoms with Crippen molar-refractivity contribution in [2.75, 3.05) is 33.9 Å². The van der Waals surface area contributed by atoms with E-state index < -0.39 is 10.2 Å². The van der Waals surface area contributed by atoms with Crippen LogP contribution in [0.4, 0.5) is 0 Å². The van der Waals surface area contributed by atoms with E-state index in [-0.39, 0.29) is 30.5 Å². The second kappa shape index (κ2) is 13.8. The Morgan fingerprint density at radius 3 is 2.35 bits per heavy atom. The van der Waals surface area contributed by atoms with E-state index in [2.05, 4.69) is 27.2 Å². The Morgan fingerprint density at radius 1 is 1.00 bits per heavy atom. The first-order valence-corrected chi connectivity index (χ1v) is 14.9. The molecule has 1 saturated carbocycles. The summed E-state index contributed by atoms with van der Waals surface area (Å²) in [6.07, 6.45) is 6.04. The zero-order valence-corrected chi connectivity index (χ0v) is 23.9. The number of nitrogens with one attached hydrogen (secondary N) is 2. The fraction of sp³-hybridized carbons (Fsp3) is 0.400. The predicted molar refractivity (Wildman–Crippen MR) is 154 cm³/mol. The minimum absolute atomic E-state index is 0.194. The topological polar surface area (TPSA) is 110 Å². The molecule has 1 aliphatic rings. The van der Waals surface area contributed by atoms with Gasteiger partial charge in [-0.05, 0) is 61.1 Å². The molecule has 10 heteroatoms. The smallest absolute Gasteiger partial charge is 0.280 e. The summed E-state index contributed by atoms with van der Waals surface area (Å²) in [5, 5.41) is 3.13. The van der Waals surface area contributed by atoms with Crippen molar-refractivity contribution in [2.45, 2.75) is 43.7 Å². The Balaban J connectivity index is 1.45. The lowest BCUT2D eigenvalue weighted by Gasteiger charge is -2.41. The molecule has 0 spiro atoms. The first-order chi connectivity index (χ1) is 19.4. The maximum absolute atomic E-state index is 13.4. The van der Waals surface area contributed by atoms with Crippen molar-refractivity contribution in [1.29, 1.82) is 0 Å². The highest BCUT2D eigenvalue weighted by Gasteiger charge is 2.39. The van der Waals surface area contributed by atoms with Crippen molar-refractivity contribution in [2.24, 2.45) is 0 Å². The number of hydrogen-bond acceptors (Lipinski definition) is 6. The van der Waals surface area contributed by atoms with Gasteiger partial charge >= 0.3 is 0 Å². The number of carbonyl (C=O) groups excluding carboxylic acids is 1. The second-order valence-corrected chi connectivity index (χ2v) is 11.8. The van der Waals surface area contributed by atoms with E-state index in [4.69, 9.17) is 9.47 Å². The van der Waals surface area contributed by atoms with Gasteiger partial charge in [-0.15, -0.1) is 0 Å². The quantitative estimate of drug-likeness (QED) is 0.327. The van der Waals surface area contributed by atoms with Crippen LogP contribution in [0.1, 0.15) is 47.2 Å². The number of methoxy groups -OCH3 is 2. The van der Waals surface area contributed by atoms with Crippen molar-refractivity contribution < 1.29 is 22.7 Å². The third kappa shape index (κ3) is 7.45. The fourth-order valence-corrected chi connectivity index (χ4v) is 6.72. The highest BCUT2D eigenvalue weighted by Crippen LogP contribution is 2.39. The minimum Gasteiger partial charge on any atom is -0.496 e. The Hall–Kier alpha value is -3.31. The molecule has 2 aromatic carbocycles. The summed E-state index contributed by atoms with van der Waals surface area (Å²) >= 11 is 0. The Labute approximate surface area is 237 Å². The van der Waals surface area contributed by atoms with Crippen molar-refractivity contribution >= 4 is 16.1 Å². The van der Waals surface area contributed by atoms with Crippen LogP contribution in [0, 0.1) is 0 Å². The van der Waals surface area contributed by atoms with Gasteiger partial charge in [0.25, 0.3) is 16.1 Å². The van der Waals surface area contributed by atoms with E-state index in [0.717, 1.165) is 24.0 Å². The maximum Gasteiger partial charge on any atom is 0.280 e. The van der Waals surface area contributed by atoms with E-state index in [1.807, 2.05) is 42.5 Å². The number of benzene rings is 2. The monoisotopic (exact) mass is 566 g/mol. The van der Waals surface area contributed by atoms with Gasteiger partial charge in [0.1, 0.15) is 5.75 Å². The van der Waals surface area contributed by atoms with E-state index in [1.165, 1.54) is 4.31 Å². The van der Waals surface area contributed by atoms with E-state index in [9.17, 15) is 13.2 Å². The van der Waals surface area contributed by atoms with Crippen molar-refractivity contribution in [3.8, 4) is 5.75 Å². The largest absolute Gasteiger partial charge is 0.496 e. The molecule has 1 aromatic heterocycles. The SMILES string of the molecule is COCCN(Cc1ccncc1)S(=O)(=O)N[C@H]1CC[C@](CNC(=O)c2ccccc2OC)(c2ccccc2)CC1. The van der Waals surface area contributed by atoms with Crippen LogP contribution in [0.15, 0.2) is 79.1 Å². The summed E-state index contributed by atoms with van der Waals surface area (Å²) in [4.78, 5) is 17.1. The molecule has 0 saturated heterocycles. The minimum atomic E-state index is -3.76. The highest BCUT2D eigenvalue weighted by molar-refractivity contribution is 7.87. The molecule has 40 heavy (non-hydrogen) atoms. The van der Waals surface area contributed by atoms with Gasteiger partial charge in [0.2, 0.25) is 0 Å². The number of nitrogens with zero attached hydrogens (tertiary/aromatic N) is 2. The van der Waals surface area contributed by atoms with Crippen LogP contribution in [-0.4, -0.2) is 63.6 Å². The van der Waals surface area contributed by atoms with E-state index >= 15 is 0 Å². The molecular formula is C30H38N4O5S. The second-order valence-electron chi connectivity index (χ2n) is 10.1. The highest BCUT2D eigenvalue weighted by atomic mass is 32.2. The van der Waals surface area contributed by atoms with Crippen molar-refractivity contribution in [3.63, 3.8) is 0 Å². The van der Waals surface area contributed by atoms with Gasteiger partial charge in [0, 0.05) is 50.6 Å². The van der Waals surface area contributed by atoms with Crippen LogP contribution in [0.3, 0.4) is 0 Å². The van der Waals surface area contributed by atoms with Gasteiger partial charge in [-0.3, -0.25) is 9.78 Å². The summed E-state index contributed by atoms with van der Waals surface area (Å²) in [5.41, 5.74) is 2.17. The number of aromatic nitrogens is 1. The molecule has 214 valence electrons. The molecule has 1 aliphatic carbocycles. The lowest BCUT2D eigenvalue weighted by molar-refractivity contribution is 0.0932. The number of amides is 1. The summed E-state index contributed by atoms with van der Waals surface area (Å²) in [6.45, 7) is 1.20. The first kappa shape index (κ1) is 29.7. The average molecular weight is 567 g/mol. The van der Waals surface area contributed by atoms with Gasteiger partial charge < -0.3 is 14.8 Å². The van der Waals surface area contributed by atoms with Crippen LogP contribution < -0.4 is 14.8 Å². The number of carbonyl (C=O) groups is 1. The number of pyridine rings is 1. The molecule has 4 rings (SSSR count). The lowest BCUT2D eigenvalue weighted by Crippen LogP contribution is -2.50. The Kier molecular flexibility index (Phi) is 10.3. The molecule has 0 bridgehead atoms. The van der Waals surface area contributed by atoms with Crippen LogP contribution in [0.5, 0.6) is 5.75 Å². The molecule has 1 fully saturated rings. The standard InChI is InChI=1S/C30H38N4O5S/c1-38-21-20-34(22-24-14-18-31-19-15-24)40(36,37)33-26-12-16-30(17-13-26,25-8-4-3-5-9-25)23-32-29(35)27-10-6-7-11-28(27)39-2/h3-11,14-15,18-19,26,33H,12-13,16-17,20-23H2,1-2H3,(H,32,35)/t26-,30-. The molecule has 0 unspecified atom stereocenters. The normalized spacial score (nSPS) is 19.3. The van der Waals surface area contributed by atoms with Gasteiger partial charge in [-0.2, -0.15) is 17.4 Å². The zero-order valence-electron chi connectivity index (χ0n) is 23.1. The van der Waals surface area contributed by atoms with Crippen molar-refractivity contribution in [1.82, 2.24) is 19.3 Å². The third-order valence-corrected chi connectivity index (χ3v) is 9.20. The molecule has 1 heterocycles. The average Bonchev–Trinajstić information content (AvgIpc) is 2.99. The number of rotatable bonds is 13. The summed E-state index contributed by atoms with van der Waals surface area (Å²) in [6, 6.07) is 20.7. The molecule has 0 aliphatic heterocycles. The summed E-state index contributed by atoms with van der Waals surface area (Å²) < 4.78 is 41.8. The van der Waals surface area contributed by atoms with Gasteiger partial charge in [-0.1, -0.05) is 42.5 Å². The fourth-order valence-electron chi connectivity index (χ4n) is 5.28. The molecular weight excluding hydrogens is 528 g/mol. The van der Waals surface area contributed by atoms with Gasteiger partial charge in [-0.25, -0.2) is 0 Å². The Morgan fingerprint density at radius 2 is 1.68 bits per heavy atom. The molecule has 0 radical (unpaired) electrons. The molecule has 2 N–H and O–H groups in total. The van der Waals surface area contributed by atoms with E-state index in [1.54, 1.807) is 38.7 Å². The van der Waals surface area contributed by atoms with Crippen LogP contribution in [0.2, 0.25) is 0 Å². The lowest BCUT2D eigenvalue weighted by atomic mass is 9.68. The molecule has 1 amide bonds. The van der Waals surface area contributed by atoms with Crippen LogP contribution in [0.25, 0.3) is 0 Å². The molecule has 9 nitrogen and oxygen atoms in total. The van der Waals surface area contributed by atoms with Gasteiger partial charge in [0.05, 0.1) is 19.3 Å². The maximum atomic E-state index is 13.4. The predicted octanol–water partition coefficient (Wildman–Crippen LogP) is 3.68. The number of ether oxygens (including phenoxy) is 2. The van der Waals surface area contributed by atoms with Gasteiger partial charge in [0.15, 0.2) is 0 Å². The summed E-state index contributed by atoms with van der Waals surface area (Å²) in [5.74, 6) is 0.331. The Bertz CT molecular complexity index is 1330. The summed E-state index contributed by atoms with van der Waals surface area (Å²) in [7, 11) is -0.658. The van der Waals surface area contributed by atoms with Crippen LogP contribution in [-0.2, 0) is 26.9 Å². The van der Waals surface area contributed by atoms with Crippen LogP contribution >= 0.6 is 0 Å². The van der Waals surface area contributed by atoms with E-state index in [0.29, 0.717) is 37.3 Å². The number of hydrogen-bond donors (Lipinski definition) is 2. The first-order valence-electron chi connectivity index (χ1n) is 13.5.